The molecule has 1 aromatic carbocycles. The minimum atomic E-state index is 0.140. The number of benzene rings is 1. The molecule has 0 saturated carbocycles. The summed E-state index contributed by atoms with van der Waals surface area (Å²) < 4.78 is 0. The molecule has 2 aromatic rings. The van der Waals surface area contributed by atoms with Crippen molar-refractivity contribution in [1.29, 1.82) is 0 Å². The van der Waals surface area contributed by atoms with Crippen LogP contribution in [0.3, 0.4) is 0 Å². The van der Waals surface area contributed by atoms with Gasteiger partial charge in [-0.15, -0.1) is 0 Å². The molecule has 0 bridgehead atoms. The molecule has 1 aromatic heterocycles. The zero-order valence-electron chi connectivity index (χ0n) is 7.66. The monoisotopic (exact) mass is 208 g/mol. The van der Waals surface area contributed by atoms with Crippen LogP contribution in [0.1, 0.15) is 12.6 Å². The number of aryl methyl sites for hydroxylation is 1. The highest BCUT2D eigenvalue weighted by Gasteiger charge is 2.07. The van der Waals surface area contributed by atoms with E-state index in [-0.39, 0.29) is 11.0 Å². The van der Waals surface area contributed by atoms with Crippen LogP contribution >= 0.6 is 11.6 Å². The van der Waals surface area contributed by atoms with Gasteiger partial charge in [0, 0.05) is 5.39 Å². The van der Waals surface area contributed by atoms with Gasteiger partial charge in [-0.25, -0.2) is 9.97 Å². The average Bonchev–Trinajstić information content (AvgIpc) is 2.18. The van der Waals surface area contributed by atoms with Crippen LogP contribution in [0.4, 0.5) is 0 Å². The summed E-state index contributed by atoms with van der Waals surface area (Å²) in [4.78, 5) is 8.09. The molecule has 72 valence electrons. The highest BCUT2D eigenvalue weighted by molar-refractivity contribution is 6.28. The van der Waals surface area contributed by atoms with Gasteiger partial charge in [-0.1, -0.05) is 19.1 Å². The molecular formula is C10H9ClN2O. The number of fused-ring (bicyclic) bond motifs is 1. The first kappa shape index (κ1) is 9.21. The highest BCUT2D eigenvalue weighted by Crippen LogP contribution is 2.25. The van der Waals surface area contributed by atoms with Crippen molar-refractivity contribution in [2.45, 2.75) is 13.3 Å². The van der Waals surface area contributed by atoms with Gasteiger partial charge in [0.05, 0.1) is 5.69 Å². The van der Waals surface area contributed by atoms with Gasteiger partial charge in [0.1, 0.15) is 11.3 Å². The van der Waals surface area contributed by atoms with Gasteiger partial charge in [-0.3, -0.25) is 0 Å². The summed E-state index contributed by atoms with van der Waals surface area (Å²) >= 11 is 5.74. The van der Waals surface area contributed by atoms with Gasteiger partial charge in [0.2, 0.25) is 5.28 Å². The van der Waals surface area contributed by atoms with Crippen molar-refractivity contribution >= 4 is 22.5 Å². The maximum atomic E-state index is 9.57. The van der Waals surface area contributed by atoms with Crippen LogP contribution in [-0.2, 0) is 6.42 Å². The maximum Gasteiger partial charge on any atom is 0.223 e. The van der Waals surface area contributed by atoms with Crippen molar-refractivity contribution in [1.82, 2.24) is 9.97 Å². The van der Waals surface area contributed by atoms with Crippen LogP contribution in [0.15, 0.2) is 18.2 Å². The normalized spacial score (nSPS) is 10.7. The van der Waals surface area contributed by atoms with Crippen LogP contribution in [-0.4, -0.2) is 15.1 Å². The molecule has 0 aliphatic rings. The zero-order valence-corrected chi connectivity index (χ0v) is 8.41. The molecule has 3 nitrogen and oxygen atoms in total. The third-order valence-electron chi connectivity index (χ3n) is 2.09. The molecule has 0 spiro atoms. The molecule has 0 aliphatic heterocycles. The maximum absolute atomic E-state index is 9.57. The van der Waals surface area contributed by atoms with E-state index in [1.54, 1.807) is 12.1 Å². The lowest BCUT2D eigenvalue weighted by atomic mass is 10.1. The Morgan fingerprint density at radius 1 is 1.36 bits per heavy atom. The van der Waals surface area contributed by atoms with Crippen LogP contribution in [0.2, 0.25) is 5.28 Å². The lowest BCUT2D eigenvalue weighted by molar-refractivity contribution is 0.480. The Labute approximate surface area is 86.4 Å². The molecule has 0 saturated heterocycles. The van der Waals surface area contributed by atoms with Crippen molar-refractivity contribution < 1.29 is 5.11 Å². The Bertz CT molecular complexity index is 485. The van der Waals surface area contributed by atoms with Crippen molar-refractivity contribution in [3.8, 4) is 5.75 Å². The number of hydrogen-bond acceptors (Lipinski definition) is 3. The number of hydrogen-bond donors (Lipinski definition) is 1. The van der Waals surface area contributed by atoms with Gasteiger partial charge in [0.25, 0.3) is 0 Å². The quantitative estimate of drug-likeness (QED) is 0.733. The Hall–Kier alpha value is -1.35. The molecular weight excluding hydrogens is 200 g/mol. The number of nitrogens with zero attached hydrogens (tertiary/aromatic N) is 2. The summed E-state index contributed by atoms with van der Waals surface area (Å²) in [6.07, 6.45) is 0.766. The van der Waals surface area contributed by atoms with Crippen LogP contribution in [0, 0.1) is 0 Å². The number of phenols is 1. The fraction of sp³-hybridized carbons (Fsp3) is 0.200. The number of aromatic nitrogens is 2. The van der Waals surface area contributed by atoms with Crippen LogP contribution in [0.25, 0.3) is 10.9 Å². The van der Waals surface area contributed by atoms with E-state index in [0.29, 0.717) is 5.52 Å². The predicted octanol–water partition coefficient (Wildman–Crippen LogP) is 2.55. The molecule has 1 N–H and O–H groups in total. The largest absolute Gasteiger partial charge is 0.506 e. The third kappa shape index (κ3) is 1.40. The first-order valence-electron chi connectivity index (χ1n) is 4.36. The van der Waals surface area contributed by atoms with Crippen molar-refractivity contribution in [2.24, 2.45) is 0 Å². The second kappa shape index (κ2) is 3.42. The summed E-state index contributed by atoms with van der Waals surface area (Å²) in [7, 11) is 0. The standard InChI is InChI=1S/C10H9ClN2O/c1-2-7-6-4-3-5-8(14)9(6)13-10(11)12-7/h3-5,14H,2H2,1H3. The Kier molecular flexibility index (Phi) is 2.25. The number of para-hydroxylation sites is 1. The van der Waals surface area contributed by atoms with Crippen LogP contribution < -0.4 is 0 Å². The highest BCUT2D eigenvalue weighted by atomic mass is 35.5. The van der Waals surface area contributed by atoms with Gasteiger partial charge in [0.15, 0.2) is 0 Å². The SMILES string of the molecule is CCc1nc(Cl)nc2c(O)cccc12. The summed E-state index contributed by atoms with van der Waals surface area (Å²) in [6.45, 7) is 1.99. The van der Waals surface area contributed by atoms with E-state index in [9.17, 15) is 5.11 Å². The fourth-order valence-electron chi connectivity index (χ4n) is 1.44. The molecule has 0 atom stereocenters. The Morgan fingerprint density at radius 2 is 2.14 bits per heavy atom. The second-order valence-electron chi connectivity index (χ2n) is 2.97. The third-order valence-corrected chi connectivity index (χ3v) is 2.26. The topological polar surface area (TPSA) is 46.0 Å². The first-order valence-corrected chi connectivity index (χ1v) is 4.74. The lowest BCUT2D eigenvalue weighted by Crippen LogP contribution is -1.93. The van der Waals surface area contributed by atoms with Crippen molar-refractivity contribution in [2.75, 3.05) is 0 Å². The Morgan fingerprint density at radius 3 is 2.86 bits per heavy atom. The molecule has 0 radical (unpaired) electrons. The van der Waals surface area contributed by atoms with E-state index >= 15 is 0 Å². The minimum absolute atomic E-state index is 0.140. The molecule has 0 amide bonds. The number of aromatic hydroxyl groups is 1. The second-order valence-corrected chi connectivity index (χ2v) is 3.30. The van der Waals surface area contributed by atoms with E-state index in [0.717, 1.165) is 17.5 Å². The molecule has 14 heavy (non-hydrogen) atoms. The number of rotatable bonds is 1. The van der Waals surface area contributed by atoms with E-state index < -0.39 is 0 Å². The zero-order chi connectivity index (χ0) is 10.1. The molecule has 2 rings (SSSR count). The van der Waals surface area contributed by atoms with Gasteiger partial charge < -0.3 is 5.11 Å². The van der Waals surface area contributed by atoms with E-state index in [4.69, 9.17) is 11.6 Å². The molecule has 4 heteroatoms. The molecule has 1 heterocycles. The average molecular weight is 209 g/mol. The molecule has 0 unspecified atom stereocenters. The number of halogens is 1. The van der Waals surface area contributed by atoms with Crippen molar-refractivity contribution in [3.05, 3.63) is 29.2 Å². The minimum Gasteiger partial charge on any atom is -0.506 e. The first-order chi connectivity index (χ1) is 6.72. The Balaban J connectivity index is 2.87. The smallest absolute Gasteiger partial charge is 0.223 e. The van der Waals surface area contributed by atoms with Gasteiger partial charge in [-0.05, 0) is 24.1 Å². The van der Waals surface area contributed by atoms with E-state index in [1.807, 2.05) is 13.0 Å². The van der Waals surface area contributed by atoms with Gasteiger partial charge in [-0.2, -0.15) is 0 Å². The van der Waals surface area contributed by atoms with Gasteiger partial charge >= 0.3 is 0 Å². The number of phenolic OH excluding ortho intramolecular Hbond substituents is 1. The van der Waals surface area contributed by atoms with E-state index in [1.165, 1.54) is 0 Å². The molecule has 0 aliphatic carbocycles. The van der Waals surface area contributed by atoms with E-state index in [2.05, 4.69) is 9.97 Å². The summed E-state index contributed by atoms with van der Waals surface area (Å²) in [5.41, 5.74) is 1.38. The lowest BCUT2D eigenvalue weighted by Gasteiger charge is -2.04. The summed E-state index contributed by atoms with van der Waals surface area (Å²) in [6, 6.07) is 5.24. The fourth-order valence-corrected chi connectivity index (χ4v) is 1.63. The predicted molar refractivity (Wildman–Crippen MR) is 55.6 cm³/mol. The van der Waals surface area contributed by atoms with Crippen LogP contribution in [0.5, 0.6) is 5.75 Å². The molecule has 0 fully saturated rings. The summed E-state index contributed by atoms with van der Waals surface area (Å²) in [5, 5.41) is 10.6. The van der Waals surface area contributed by atoms with Crippen molar-refractivity contribution in [3.63, 3.8) is 0 Å². The summed E-state index contributed by atoms with van der Waals surface area (Å²) in [5.74, 6) is 0.140.